The molecule has 0 bridgehead atoms. The van der Waals surface area contributed by atoms with Gasteiger partial charge in [0, 0.05) is 35.8 Å². The van der Waals surface area contributed by atoms with Crippen LogP contribution in [-0.4, -0.2) is 44.9 Å². The second-order valence-electron chi connectivity index (χ2n) is 11.1. The number of hydrogen-bond acceptors (Lipinski definition) is 7. The van der Waals surface area contributed by atoms with Gasteiger partial charge in [0.2, 0.25) is 0 Å². The van der Waals surface area contributed by atoms with Crippen molar-refractivity contribution >= 4 is 17.9 Å². The van der Waals surface area contributed by atoms with Crippen molar-refractivity contribution in [2.75, 3.05) is 9.80 Å². The fourth-order valence-corrected chi connectivity index (χ4v) is 5.91. The molecule has 1 aliphatic heterocycles. The van der Waals surface area contributed by atoms with E-state index < -0.39 is 65.7 Å². The molecule has 0 spiro atoms. The average molecular weight is 667 g/mol. The summed E-state index contributed by atoms with van der Waals surface area (Å²) in [6.45, 7) is 4.88. The molecule has 0 radical (unpaired) electrons. The van der Waals surface area contributed by atoms with Gasteiger partial charge in [-0.3, -0.25) is 0 Å². The molecule has 0 aliphatic carbocycles. The van der Waals surface area contributed by atoms with Gasteiger partial charge in [-0.25, -0.2) is 0 Å². The number of aromatic nitrogens is 4. The Morgan fingerprint density at radius 2 is 1.63 bits per heavy atom. The summed E-state index contributed by atoms with van der Waals surface area (Å²) in [5, 5.41) is 11.9. The SMILES string of the molecule is CCC1CC(N(Cc2cc(C(F)(F)F)cc(C(F)(F)F)c2)c2nnn(C)n2)c2cc(OC(F)(F)F)ccc2N1C(C)[C@H](C=O)CC. The van der Waals surface area contributed by atoms with Gasteiger partial charge in [-0.05, 0) is 73.4 Å². The lowest BCUT2D eigenvalue weighted by Crippen LogP contribution is -2.51. The first-order valence-corrected chi connectivity index (χ1v) is 14.3. The minimum Gasteiger partial charge on any atom is -0.406 e. The third-order valence-electron chi connectivity index (χ3n) is 8.07. The zero-order valence-electron chi connectivity index (χ0n) is 25.1. The smallest absolute Gasteiger partial charge is 0.406 e. The highest BCUT2D eigenvalue weighted by Crippen LogP contribution is 2.47. The average Bonchev–Trinajstić information content (AvgIpc) is 3.39. The molecule has 1 aromatic heterocycles. The molecule has 252 valence electrons. The van der Waals surface area contributed by atoms with Crippen LogP contribution < -0.4 is 14.5 Å². The molecule has 4 rings (SSSR count). The van der Waals surface area contributed by atoms with Crippen LogP contribution in [0.25, 0.3) is 0 Å². The zero-order valence-corrected chi connectivity index (χ0v) is 25.1. The van der Waals surface area contributed by atoms with Crippen LogP contribution in [0, 0.1) is 5.92 Å². The minimum atomic E-state index is -5.11. The molecule has 2 heterocycles. The van der Waals surface area contributed by atoms with E-state index in [4.69, 9.17) is 0 Å². The lowest BCUT2D eigenvalue weighted by molar-refractivity contribution is -0.274. The number of aldehydes is 1. The maximum atomic E-state index is 13.7. The maximum absolute atomic E-state index is 13.7. The highest BCUT2D eigenvalue weighted by Gasteiger charge is 2.42. The normalized spacial score (nSPS) is 18.6. The summed E-state index contributed by atoms with van der Waals surface area (Å²) >= 11 is 0. The van der Waals surface area contributed by atoms with E-state index in [1.54, 1.807) is 6.92 Å². The molecule has 0 saturated carbocycles. The molecule has 4 atom stereocenters. The van der Waals surface area contributed by atoms with Crippen LogP contribution in [0.1, 0.15) is 68.3 Å². The number of nitrogens with zero attached hydrogens (tertiary/aromatic N) is 6. The third kappa shape index (κ3) is 7.66. The summed E-state index contributed by atoms with van der Waals surface area (Å²) in [7, 11) is 1.40. The second kappa shape index (κ2) is 13.0. The molecule has 1 aliphatic rings. The number of fused-ring (bicyclic) bond motifs is 1. The van der Waals surface area contributed by atoms with E-state index in [1.165, 1.54) is 18.0 Å². The van der Waals surface area contributed by atoms with Crippen molar-refractivity contribution in [3.8, 4) is 5.75 Å². The van der Waals surface area contributed by atoms with Gasteiger partial charge in [0.05, 0.1) is 24.2 Å². The number of aryl methyl sites for hydroxylation is 1. The Hall–Kier alpha value is -4.05. The van der Waals surface area contributed by atoms with E-state index >= 15 is 0 Å². The van der Waals surface area contributed by atoms with Gasteiger partial charge in [-0.15, -0.1) is 18.3 Å². The lowest BCUT2D eigenvalue weighted by atomic mass is 9.85. The first-order valence-electron chi connectivity index (χ1n) is 14.3. The largest absolute Gasteiger partial charge is 0.573 e. The van der Waals surface area contributed by atoms with Gasteiger partial charge in [-0.1, -0.05) is 18.9 Å². The minimum absolute atomic E-state index is 0.00857. The fraction of sp³-hybridized carbons (Fsp3) is 0.517. The highest BCUT2D eigenvalue weighted by molar-refractivity contribution is 5.65. The van der Waals surface area contributed by atoms with Gasteiger partial charge in [0.25, 0.3) is 5.95 Å². The van der Waals surface area contributed by atoms with Crippen LogP contribution in [0.5, 0.6) is 5.75 Å². The van der Waals surface area contributed by atoms with E-state index in [0.717, 1.165) is 23.2 Å². The lowest BCUT2D eigenvalue weighted by Gasteiger charge is -2.49. The van der Waals surface area contributed by atoms with E-state index in [1.807, 2.05) is 18.7 Å². The number of tetrazole rings is 1. The molecule has 0 N–H and O–H groups in total. The van der Waals surface area contributed by atoms with E-state index in [2.05, 4.69) is 20.1 Å². The predicted molar refractivity (Wildman–Crippen MR) is 148 cm³/mol. The topological polar surface area (TPSA) is 76.4 Å². The summed E-state index contributed by atoms with van der Waals surface area (Å²) in [6, 6.07) is 3.05. The number of hydrogen-bond donors (Lipinski definition) is 0. The summed E-state index contributed by atoms with van der Waals surface area (Å²) in [4.78, 5) is 16.2. The summed E-state index contributed by atoms with van der Waals surface area (Å²) in [6.07, 6.45) is -13.4. The van der Waals surface area contributed by atoms with Crippen LogP contribution >= 0.6 is 0 Å². The van der Waals surface area contributed by atoms with Crippen molar-refractivity contribution in [3.05, 3.63) is 58.7 Å². The van der Waals surface area contributed by atoms with Crippen molar-refractivity contribution in [1.82, 2.24) is 20.2 Å². The van der Waals surface area contributed by atoms with Gasteiger partial charge in [0.1, 0.15) is 12.0 Å². The van der Waals surface area contributed by atoms with Crippen molar-refractivity contribution in [2.45, 2.75) is 83.4 Å². The maximum Gasteiger partial charge on any atom is 0.573 e. The first-order chi connectivity index (χ1) is 21.4. The number of rotatable bonds is 10. The molecule has 0 amide bonds. The van der Waals surface area contributed by atoms with Crippen LogP contribution in [0.4, 0.5) is 51.1 Å². The van der Waals surface area contributed by atoms with Gasteiger partial charge in [-0.2, -0.15) is 31.1 Å². The summed E-state index contributed by atoms with van der Waals surface area (Å²) in [5.41, 5.74) is -2.82. The second-order valence-corrected chi connectivity index (χ2v) is 11.1. The molecule has 2 aromatic carbocycles. The number of ether oxygens (including phenoxy) is 1. The number of carbonyl (C=O) groups excluding carboxylic acids is 1. The van der Waals surface area contributed by atoms with E-state index in [9.17, 15) is 44.3 Å². The van der Waals surface area contributed by atoms with Crippen molar-refractivity contribution in [3.63, 3.8) is 0 Å². The number of carbonyl (C=O) groups is 1. The molecular weight excluding hydrogens is 635 g/mol. The Labute approximate surface area is 258 Å². The Balaban J connectivity index is 1.93. The summed E-state index contributed by atoms with van der Waals surface area (Å²) in [5.74, 6) is -1.22. The fourth-order valence-electron chi connectivity index (χ4n) is 5.91. The quantitative estimate of drug-likeness (QED) is 0.164. The van der Waals surface area contributed by atoms with Crippen molar-refractivity contribution < 1.29 is 49.0 Å². The monoisotopic (exact) mass is 666 g/mol. The third-order valence-corrected chi connectivity index (χ3v) is 8.07. The Morgan fingerprint density at radius 3 is 2.11 bits per heavy atom. The molecule has 46 heavy (non-hydrogen) atoms. The number of alkyl halides is 9. The Bertz CT molecular complexity index is 1490. The van der Waals surface area contributed by atoms with Crippen LogP contribution in [0.3, 0.4) is 0 Å². The van der Waals surface area contributed by atoms with E-state index in [0.29, 0.717) is 30.7 Å². The zero-order chi connectivity index (χ0) is 34.2. The highest BCUT2D eigenvalue weighted by atomic mass is 19.4. The Morgan fingerprint density at radius 1 is 1.00 bits per heavy atom. The molecule has 8 nitrogen and oxygen atoms in total. The number of benzene rings is 2. The van der Waals surface area contributed by atoms with Crippen LogP contribution in [0.2, 0.25) is 0 Å². The molecule has 17 heteroatoms. The molecule has 3 unspecified atom stereocenters. The molecule has 0 saturated heterocycles. The molecular formula is C29H31F9N6O2. The molecule has 3 aromatic rings. The predicted octanol–water partition coefficient (Wildman–Crippen LogP) is 7.50. The van der Waals surface area contributed by atoms with Crippen LogP contribution in [-0.2, 0) is 30.7 Å². The molecule has 0 fully saturated rings. The number of halogens is 9. The standard InChI is InChI=1S/C29H31F9N6O2/c1-5-18(15-45)16(3)44-21(6-2)12-25(23-13-22(7-8-24(23)44)46-29(36,37)38)43(26-39-41-42(4)40-26)14-17-9-19(27(30,31)32)11-20(10-17)28(33,34)35/h7-11,13,15-16,18,21,25H,5-6,12,14H2,1-4H3/t16?,18-,21?,25?/m0/s1. The number of anilines is 2. The summed E-state index contributed by atoms with van der Waals surface area (Å²) < 4.78 is 126. The van der Waals surface area contributed by atoms with Gasteiger partial charge in [0.15, 0.2) is 0 Å². The first kappa shape index (κ1) is 34.8. The van der Waals surface area contributed by atoms with E-state index in [-0.39, 0.29) is 30.0 Å². The van der Waals surface area contributed by atoms with Gasteiger partial charge >= 0.3 is 18.7 Å². The van der Waals surface area contributed by atoms with Gasteiger partial charge < -0.3 is 19.3 Å². The Kier molecular flexibility index (Phi) is 9.83. The van der Waals surface area contributed by atoms with Crippen molar-refractivity contribution in [2.24, 2.45) is 13.0 Å². The van der Waals surface area contributed by atoms with Crippen LogP contribution in [0.15, 0.2) is 36.4 Å². The van der Waals surface area contributed by atoms with Crippen molar-refractivity contribution in [1.29, 1.82) is 0 Å².